The van der Waals surface area contributed by atoms with Gasteiger partial charge in [0.25, 0.3) is 0 Å². The van der Waals surface area contributed by atoms with Crippen molar-refractivity contribution in [2.45, 2.75) is 135 Å². The molecule has 0 saturated heterocycles. The lowest BCUT2D eigenvalue weighted by molar-refractivity contribution is 0.184. The monoisotopic (exact) mass is 372 g/mol. The first kappa shape index (κ1) is 20.3. The van der Waals surface area contributed by atoms with Crippen LogP contribution >= 0.6 is 0 Å². The van der Waals surface area contributed by atoms with Crippen molar-refractivity contribution in [2.75, 3.05) is 0 Å². The molecule has 6 atom stereocenters. The highest BCUT2D eigenvalue weighted by atomic mass is 14.5. The molecule has 0 aromatic rings. The second-order valence-corrected chi connectivity index (χ2v) is 11.2. The minimum absolute atomic E-state index is 1.17. The summed E-state index contributed by atoms with van der Waals surface area (Å²) in [7, 11) is 0. The highest BCUT2D eigenvalue weighted by Crippen LogP contribution is 2.54. The van der Waals surface area contributed by atoms with Crippen molar-refractivity contribution in [3.05, 3.63) is 0 Å². The maximum absolute atomic E-state index is 1.62. The number of hydrogen-bond acceptors (Lipinski definition) is 0. The Hall–Kier alpha value is 0. The van der Waals surface area contributed by atoms with Gasteiger partial charge >= 0.3 is 0 Å². The molecule has 0 bridgehead atoms. The van der Waals surface area contributed by atoms with Crippen molar-refractivity contribution in [1.82, 2.24) is 0 Å². The summed E-state index contributed by atoms with van der Waals surface area (Å²) in [5.74, 6) is 7.03. The molecule has 0 aromatic heterocycles. The van der Waals surface area contributed by atoms with Crippen molar-refractivity contribution >= 4 is 0 Å². The van der Waals surface area contributed by atoms with Gasteiger partial charge in [-0.1, -0.05) is 116 Å². The first-order valence-electron chi connectivity index (χ1n) is 13.4. The average molecular weight is 373 g/mol. The molecule has 6 unspecified atom stereocenters. The fourth-order valence-electron chi connectivity index (χ4n) is 8.14. The van der Waals surface area contributed by atoms with Gasteiger partial charge in [0.15, 0.2) is 0 Å². The zero-order valence-electron chi connectivity index (χ0n) is 18.3. The molecule has 6 aliphatic carbocycles. The molecule has 0 spiro atoms. The zero-order chi connectivity index (χ0) is 18.3. The van der Waals surface area contributed by atoms with Gasteiger partial charge in [-0.05, 0) is 54.8 Å². The second kappa shape index (κ2) is 10.7. The Morgan fingerprint density at radius 3 is 1.04 bits per heavy atom. The molecular weight excluding hydrogens is 324 g/mol. The normalized spacial score (nSPS) is 42.7. The number of hydrogen-bond donors (Lipinski definition) is 0. The van der Waals surface area contributed by atoms with Gasteiger partial charge in [0.1, 0.15) is 0 Å². The van der Waals surface area contributed by atoms with Gasteiger partial charge in [0.05, 0.1) is 0 Å². The summed E-state index contributed by atoms with van der Waals surface area (Å²) in [6, 6.07) is 0. The van der Waals surface area contributed by atoms with Crippen LogP contribution in [0.2, 0.25) is 0 Å². The highest BCUT2D eigenvalue weighted by Gasteiger charge is 2.44. The summed E-state index contributed by atoms with van der Waals surface area (Å²) >= 11 is 0. The van der Waals surface area contributed by atoms with Crippen LogP contribution in [0.3, 0.4) is 0 Å². The van der Waals surface area contributed by atoms with E-state index in [1.165, 1.54) is 86.9 Å². The summed E-state index contributed by atoms with van der Waals surface area (Å²) < 4.78 is 0. The first-order chi connectivity index (χ1) is 13.4. The summed E-state index contributed by atoms with van der Waals surface area (Å²) in [6.07, 6.45) is 32.5. The maximum atomic E-state index is 1.62. The van der Waals surface area contributed by atoms with Crippen LogP contribution in [0.4, 0.5) is 0 Å². The van der Waals surface area contributed by atoms with Crippen molar-refractivity contribution in [1.29, 1.82) is 0 Å². The van der Waals surface area contributed by atoms with Gasteiger partial charge in [-0.25, -0.2) is 0 Å². The van der Waals surface area contributed by atoms with E-state index in [0.29, 0.717) is 0 Å². The molecule has 0 nitrogen and oxygen atoms in total. The predicted molar refractivity (Wildman–Crippen MR) is 118 cm³/mol. The smallest absolute Gasteiger partial charge is 0.0355 e. The predicted octanol–water partition coefficient (Wildman–Crippen LogP) is 8.93. The average Bonchev–Trinajstić information content (AvgIpc) is 3.49. The van der Waals surface area contributed by atoms with E-state index in [0.717, 1.165) is 0 Å². The van der Waals surface area contributed by atoms with Gasteiger partial charge in [-0.2, -0.15) is 0 Å². The lowest BCUT2D eigenvalue weighted by Gasteiger charge is -2.32. The van der Waals surface area contributed by atoms with Crippen LogP contribution in [0.15, 0.2) is 0 Å². The van der Waals surface area contributed by atoms with Crippen molar-refractivity contribution in [3.8, 4) is 0 Å². The van der Waals surface area contributed by atoms with Crippen LogP contribution in [0.5, 0.6) is 0 Å². The fourth-order valence-corrected chi connectivity index (χ4v) is 8.14. The molecule has 156 valence electrons. The van der Waals surface area contributed by atoms with Gasteiger partial charge < -0.3 is 0 Å². The van der Waals surface area contributed by atoms with Gasteiger partial charge in [0, 0.05) is 0 Å². The van der Waals surface area contributed by atoms with E-state index in [-0.39, 0.29) is 0 Å². The lowest BCUT2D eigenvalue weighted by Crippen LogP contribution is -2.22. The quantitative estimate of drug-likeness (QED) is 0.398. The van der Waals surface area contributed by atoms with Crippen LogP contribution in [0.25, 0.3) is 0 Å². The van der Waals surface area contributed by atoms with E-state index >= 15 is 0 Å². The third-order valence-corrected chi connectivity index (χ3v) is 9.56. The van der Waals surface area contributed by atoms with Crippen LogP contribution in [0.1, 0.15) is 135 Å². The molecule has 0 heterocycles. The number of rotatable bonds is 0. The fraction of sp³-hybridized carbons (Fsp3) is 1.00. The molecule has 0 aromatic carbocycles. The molecule has 0 aliphatic heterocycles. The Labute approximate surface area is 170 Å². The molecule has 6 aliphatic rings. The Kier molecular flexibility index (Phi) is 8.02. The van der Waals surface area contributed by atoms with E-state index in [1.54, 1.807) is 83.5 Å². The third-order valence-electron chi connectivity index (χ3n) is 9.56. The van der Waals surface area contributed by atoms with Crippen molar-refractivity contribution in [3.63, 3.8) is 0 Å². The van der Waals surface area contributed by atoms with E-state index in [2.05, 4.69) is 0 Å². The van der Waals surface area contributed by atoms with Crippen LogP contribution < -0.4 is 0 Å². The SMILES string of the molecule is C1CCC2C(C1)CC1CCCCC12.C1CCC2CCCC2C1.C1CCCC1. The molecule has 6 rings (SSSR count). The van der Waals surface area contributed by atoms with Crippen molar-refractivity contribution < 1.29 is 0 Å². The summed E-state index contributed by atoms with van der Waals surface area (Å²) in [5.41, 5.74) is 0. The van der Waals surface area contributed by atoms with Crippen molar-refractivity contribution in [2.24, 2.45) is 35.5 Å². The van der Waals surface area contributed by atoms with E-state index in [1.807, 2.05) is 0 Å². The zero-order valence-corrected chi connectivity index (χ0v) is 18.3. The van der Waals surface area contributed by atoms with Gasteiger partial charge in [-0.3, -0.25) is 0 Å². The first-order valence-corrected chi connectivity index (χ1v) is 13.4. The summed E-state index contributed by atoms with van der Waals surface area (Å²) in [5, 5.41) is 0. The molecule has 0 radical (unpaired) electrons. The van der Waals surface area contributed by atoms with Gasteiger partial charge in [0.2, 0.25) is 0 Å². The number of fused-ring (bicyclic) bond motifs is 4. The highest BCUT2D eigenvalue weighted by molar-refractivity contribution is 4.94. The standard InChI is InChI=1S/C13H22.C9H16.C5H10/c1-3-7-12-10(5-1)9-11-6-2-4-8-13(11)12;1-2-5-9-7-3-6-8(9)4-1;1-2-4-5-3-1/h10-13H,1-9H2;8-9H,1-7H2;1-5H2. The van der Waals surface area contributed by atoms with Crippen LogP contribution in [-0.4, -0.2) is 0 Å². The minimum atomic E-state index is 1.17. The Balaban J connectivity index is 0.000000111. The Morgan fingerprint density at radius 1 is 0.259 bits per heavy atom. The molecule has 0 amide bonds. The van der Waals surface area contributed by atoms with Crippen LogP contribution in [-0.2, 0) is 0 Å². The molecule has 0 heteroatoms. The van der Waals surface area contributed by atoms with Gasteiger partial charge in [-0.15, -0.1) is 0 Å². The molecule has 6 fully saturated rings. The lowest BCUT2D eigenvalue weighted by atomic mass is 9.73. The largest absolute Gasteiger partial charge is 0.0533 e. The Morgan fingerprint density at radius 2 is 0.593 bits per heavy atom. The van der Waals surface area contributed by atoms with E-state index < -0.39 is 0 Å². The molecule has 0 N–H and O–H groups in total. The third kappa shape index (κ3) is 5.54. The summed E-state index contributed by atoms with van der Waals surface area (Å²) in [6.45, 7) is 0. The van der Waals surface area contributed by atoms with E-state index in [4.69, 9.17) is 0 Å². The van der Waals surface area contributed by atoms with Crippen LogP contribution in [0, 0.1) is 35.5 Å². The topological polar surface area (TPSA) is 0 Å². The second-order valence-electron chi connectivity index (χ2n) is 11.2. The molecule has 27 heavy (non-hydrogen) atoms. The summed E-state index contributed by atoms with van der Waals surface area (Å²) in [4.78, 5) is 0. The maximum Gasteiger partial charge on any atom is -0.0355 e. The Bertz CT molecular complexity index is 369. The van der Waals surface area contributed by atoms with E-state index in [9.17, 15) is 0 Å². The molecular formula is C27H48. The minimum Gasteiger partial charge on any atom is -0.0533 e. The molecule has 6 saturated carbocycles.